The number of anilines is 1. The minimum Gasteiger partial charge on any atom is -0.452 e. The van der Waals surface area contributed by atoms with E-state index in [1.165, 1.54) is 26.2 Å². The molecule has 0 aliphatic carbocycles. The molecular weight excluding hydrogens is 400 g/mol. The molecule has 3 amide bonds. The molecule has 0 spiro atoms. The molecule has 1 aromatic carbocycles. The molecule has 29 heavy (non-hydrogen) atoms. The van der Waals surface area contributed by atoms with Crippen molar-refractivity contribution in [2.24, 2.45) is 0 Å². The molecule has 1 fully saturated rings. The lowest BCUT2D eigenvalue weighted by Crippen LogP contribution is -2.41. The number of ether oxygens (including phenoxy) is 1. The van der Waals surface area contributed by atoms with Crippen LogP contribution in [0.3, 0.4) is 0 Å². The first-order valence-corrected chi connectivity index (χ1v) is 10.7. The summed E-state index contributed by atoms with van der Waals surface area (Å²) in [6.07, 6.45) is 1.92. The number of benzene rings is 1. The van der Waals surface area contributed by atoms with E-state index in [1.807, 2.05) is 10.2 Å². The summed E-state index contributed by atoms with van der Waals surface area (Å²) in [5, 5.41) is 4.42. The van der Waals surface area contributed by atoms with Crippen molar-refractivity contribution in [2.45, 2.75) is 24.7 Å². The zero-order valence-electron chi connectivity index (χ0n) is 16.7. The summed E-state index contributed by atoms with van der Waals surface area (Å²) in [4.78, 5) is 37.7. The number of hydrogen-bond donors (Lipinski definition) is 2. The van der Waals surface area contributed by atoms with Gasteiger partial charge in [-0.05, 0) is 38.0 Å². The number of amides is 3. The van der Waals surface area contributed by atoms with Crippen LogP contribution in [-0.2, 0) is 19.6 Å². The van der Waals surface area contributed by atoms with Crippen molar-refractivity contribution in [3.63, 3.8) is 0 Å². The molecule has 0 aromatic heterocycles. The quantitative estimate of drug-likeness (QED) is 0.610. The van der Waals surface area contributed by atoms with Gasteiger partial charge in [0, 0.05) is 33.7 Å². The number of carbonyl (C=O) groups excluding carboxylic acids is 3. The summed E-state index contributed by atoms with van der Waals surface area (Å²) in [5.41, 5.74) is 0.606. The minimum atomic E-state index is -3.75. The van der Waals surface area contributed by atoms with Crippen molar-refractivity contribution in [1.29, 1.82) is 0 Å². The summed E-state index contributed by atoms with van der Waals surface area (Å²) in [6, 6.07) is 3.59. The van der Waals surface area contributed by atoms with Gasteiger partial charge in [0.25, 0.3) is 5.91 Å². The van der Waals surface area contributed by atoms with Crippen LogP contribution in [0, 0.1) is 0 Å². The van der Waals surface area contributed by atoms with Crippen molar-refractivity contribution in [2.75, 3.05) is 45.2 Å². The molecule has 1 aliphatic rings. The summed E-state index contributed by atoms with van der Waals surface area (Å²) in [6.45, 7) is 2.83. The van der Waals surface area contributed by atoms with E-state index in [4.69, 9.17) is 4.74 Å². The maximum Gasteiger partial charge on any atom is 0.340 e. The molecular formula is C18H26N4O6S. The first kappa shape index (κ1) is 22.6. The molecule has 1 saturated heterocycles. The first-order valence-electron chi connectivity index (χ1n) is 9.23. The normalized spacial score (nSPS) is 14.0. The highest BCUT2D eigenvalue weighted by atomic mass is 32.2. The average molecular weight is 426 g/mol. The summed E-state index contributed by atoms with van der Waals surface area (Å²) >= 11 is 0. The van der Waals surface area contributed by atoms with Crippen LogP contribution in [0.25, 0.3) is 0 Å². The Kier molecular flexibility index (Phi) is 7.57. The van der Waals surface area contributed by atoms with Crippen molar-refractivity contribution in [3.8, 4) is 0 Å². The van der Waals surface area contributed by atoms with Crippen molar-refractivity contribution >= 4 is 33.6 Å². The molecule has 11 heteroatoms. The highest BCUT2D eigenvalue weighted by molar-refractivity contribution is 7.89. The fraction of sp³-hybridized carbons (Fsp3) is 0.500. The Hall–Kier alpha value is -2.66. The first-order chi connectivity index (χ1) is 13.7. The largest absolute Gasteiger partial charge is 0.452 e. The van der Waals surface area contributed by atoms with Gasteiger partial charge in [-0.3, -0.25) is 10.1 Å². The highest BCUT2D eigenvalue weighted by Crippen LogP contribution is 2.28. The Bertz CT molecular complexity index is 878. The number of urea groups is 1. The number of carbonyl (C=O) groups is 3. The predicted molar refractivity (Wildman–Crippen MR) is 106 cm³/mol. The SMILES string of the molecule is CCNC(=O)NC(=O)COC(=O)c1cc(S(=O)(=O)N(C)C)ccc1N1CCCC1. The molecule has 2 rings (SSSR count). The number of sulfonamides is 1. The minimum absolute atomic E-state index is 0.0517. The van der Waals surface area contributed by atoms with E-state index in [-0.39, 0.29) is 10.5 Å². The Morgan fingerprint density at radius 2 is 1.83 bits per heavy atom. The highest BCUT2D eigenvalue weighted by Gasteiger charge is 2.25. The van der Waals surface area contributed by atoms with Crippen LogP contribution in [0.5, 0.6) is 0 Å². The third kappa shape index (κ3) is 5.67. The number of nitrogens with one attached hydrogen (secondary N) is 2. The molecule has 0 atom stereocenters. The van der Waals surface area contributed by atoms with Crippen LogP contribution in [0.2, 0.25) is 0 Å². The second-order valence-electron chi connectivity index (χ2n) is 6.64. The third-order valence-electron chi connectivity index (χ3n) is 4.34. The van der Waals surface area contributed by atoms with Crippen molar-refractivity contribution in [1.82, 2.24) is 14.9 Å². The Morgan fingerprint density at radius 1 is 1.17 bits per heavy atom. The van der Waals surface area contributed by atoms with E-state index in [2.05, 4.69) is 5.32 Å². The standard InChI is InChI=1S/C18H26N4O6S/c1-4-19-18(25)20-16(23)12-28-17(24)14-11-13(29(26,27)21(2)3)7-8-15(14)22-9-5-6-10-22/h7-8,11H,4-6,9-10,12H2,1-3H3,(H2,19,20,23,25). The van der Waals surface area contributed by atoms with E-state index >= 15 is 0 Å². The molecule has 0 radical (unpaired) electrons. The maximum absolute atomic E-state index is 12.6. The topological polar surface area (TPSA) is 125 Å². The van der Waals surface area contributed by atoms with Crippen LogP contribution in [0.4, 0.5) is 10.5 Å². The molecule has 1 heterocycles. The van der Waals surface area contributed by atoms with E-state index < -0.39 is 34.5 Å². The molecule has 1 aromatic rings. The zero-order valence-corrected chi connectivity index (χ0v) is 17.5. The van der Waals surface area contributed by atoms with E-state index in [9.17, 15) is 22.8 Å². The van der Waals surface area contributed by atoms with Crippen LogP contribution in [0.1, 0.15) is 30.1 Å². The molecule has 0 saturated carbocycles. The zero-order chi connectivity index (χ0) is 21.6. The van der Waals surface area contributed by atoms with Gasteiger partial charge in [0.1, 0.15) is 0 Å². The molecule has 0 unspecified atom stereocenters. The van der Waals surface area contributed by atoms with Gasteiger partial charge in [-0.15, -0.1) is 0 Å². The summed E-state index contributed by atoms with van der Waals surface area (Å²) in [5.74, 6) is -1.63. The number of imide groups is 1. The van der Waals surface area contributed by atoms with Crippen LogP contribution < -0.4 is 15.5 Å². The fourth-order valence-corrected chi connectivity index (χ4v) is 3.79. The lowest BCUT2D eigenvalue weighted by atomic mass is 10.1. The number of hydrogen-bond acceptors (Lipinski definition) is 7. The van der Waals surface area contributed by atoms with Gasteiger partial charge in [-0.25, -0.2) is 22.3 Å². The maximum atomic E-state index is 12.6. The van der Waals surface area contributed by atoms with E-state index in [0.29, 0.717) is 12.2 Å². The number of esters is 1. The lowest BCUT2D eigenvalue weighted by Gasteiger charge is -2.22. The summed E-state index contributed by atoms with van der Waals surface area (Å²) < 4.78 is 31.0. The van der Waals surface area contributed by atoms with Gasteiger partial charge < -0.3 is 15.0 Å². The van der Waals surface area contributed by atoms with E-state index in [0.717, 1.165) is 30.2 Å². The number of rotatable bonds is 7. The fourth-order valence-electron chi connectivity index (χ4n) is 2.86. The monoisotopic (exact) mass is 426 g/mol. The number of nitrogens with zero attached hydrogens (tertiary/aromatic N) is 2. The smallest absolute Gasteiger partial charge is 0.340 e. The second-order valence-corrected chi connectivity index (χ2v) is 8.80. The van der Waals surface area contributed by atoms with Crippen molar-refractivity contribution in [3.05, 3.63) is 23.8 Å². The lowest BCUT2D eigenvalue weighted by molar-refractivity contribution is -0.123. The van der Waals surface area contributed by atoms with Gasteiger partial charge in [0.15, 0.2) is 6.61 Å². The van der Waals surface area contributed by atoms with Gasteiger partial charge in [-0.2, -0.15) is 0 Å². The molecule has 2 N–H and O–H groups in total. The Balaban J connectivity index is 2.24. The molecule has 10 nitrogen and oxygen atoms in total. The van der Waals surface area contributed by atoms with Crippen LogP contribution in [0.15, 0.2) is 23.1 Å². The van der Waals surface area contributed by atoms with Gasteiger partial charge in [0.05, 0.1) is 16.1 Å². The van der Waals surface area contributed by atoms with Gasteiger partial charge in [0.2, 0.25) is 10.0 Å². The van der Waals surface area contributed by atoms with Crippen LogP contribution in [-0.4, -0.2) is 71.0 Å². The van der Waals surface area contributed by atoms with Crippen molar-refractivity contribution < 1.29 is 27.5 Å². The van der Waals surface area contributed by atoms with Gasteiger partial charge >= 0.3 is 12.0 Å². The van der Waals surface area contributed by atoms with E-state index in [1.54, 1.807) is 13.0 Å². The van der Waals surface area contributed by atoms with Gasteiger partial charge in [-0.1, -0.05) is 0 Å². The molecule has 0 bridgehead atoms. The molecule has 160 valence electrons. The Morgan fingerprint density at radius 3 is 2.41 bits per heavy atom. The third-order valence-corrected chi connectivity index (χ3v) is 6.15. The Labute approximate surface area is 170 Å². The van der Waals surface area contributed by atoms with Crippen LogP contribution >= 0.6 is 0 Å². The average Bonchev–Trinajstić information content (AvgIpc) is 3.20. The predicted octanol–water partition coefficient (Wildman–Crippen LogP) is 0.540. The summed E-state index contributed by atoms with van der Waals surface area (Å²) in [7, 11) is -0.959. The molecule has 1 aliphatic heterocycles. The second kappa shape index (κ2) is 9.70.